The number of nitrogens with one attached hydrogen (secondary N) is 2. The fraction of sp³-hybridized carbons (Fsp3) is 0.125. The lowest BCUT2D eigenvalue weighted by Crippen LogP contribution is -2.42. The van der Waals surface area contributed by atoms with Gasteiger partial charge in [-0.15, -0.1) is 10.1 Å². The van der Waals surface area contributed by atoms with Crippen molar-refractivity contribution in [2.45, 2.75) is 19.0 Å². The monoisotopic (exact) mass is 384 g/mol. The molecule has 1 aliphatic heterocycles. The van der Waals surface area contributed by atoms with Crippen LogP contribution in [0.4, 0.5) is 0 Å². The predicted octanol–water partition coefficient (Wildman–Crippen LogP) is 3.01. The fourth-order valence-electron chi connectivity index (χ4n) is 3.53. The van der Waals surface area contributed by atoms with Crippen molar-refractivity contribution in [3.05, 3.63) is 107 Å². The number of aryl methyl sites for hydroxylation is 1. The van der Waals surface area contributed by atoms with Crippen LogP contribution in [0.15, 0.2) is 84.9 Å². The second kappa shape index (κ2) is 8.10. The van der Waals surface area contributed by atoms with Gasteiger partial charge in [-0.3, -0.25) is 9.59 Å². The van der Waals surface area contributed by atoms with Gasteiger partial charge in [-0.25, -0.2) is 0 Å². The molecule has 1 saturated heterocycles. The van der Waals surface area contributed by atoms with E-state index >= 15 is 0 Å². The van der Waals surface area contributed by atoms with Gasteiger partial charge in [0.05, 0.1) is 0 Å². The molecule has 29 heavy (non-hydrogen) atoms. The summed E-state index contributed by atoms with van der Waals surface area (Å²) < 4.78 is 1.79. The Morgan fingerprint density at radius 1 is 0.931 bits per heavy atom. The van der Waals surface area contributed by atoms with Crippen LogP contribution < -0.4 is 10.7 Å². The number of amides is 2. The molecule has 0 bridgehead atoms. The summed E-state index contributed by atoms with van der Waals surface area (Å²) in [6.45, 7) is 2.02. The number of carbonyl (C=O) groups excluding carboxylic acids is 2. The first-order valence-corrected chi connectivity index (χ1v) is 9.54. The Balaban J connectivity index is 1.71. The summed E-state index contributed by atoms with van der Waals surface area (Å²) in [5.41, 5.74) is 6.48. The van der Waals surface area contributed by atoms with E-state index in [1.165, 1.54) is 0 Å². The minimum Gasteiger partial charge on any atom is -0.334 e. The number of benzene rings is 3. The van der Waals surface area contributed by atoms with Gasteiger partial charge in [0, 0.05) is 16.7 Å². The number of hydrogen-bond acceptors (Lipinski definition) is 2. The number of hydrazine groups is 1. The molecule has 1 heterocycles. The molecule has 2 amide bonds. The van der Waals surface area contributed by atoms with Gasteiger partial charge in [-0.1, -0.05) is 66.7 Å². The second-order valence-electron chi connectivity index (χ2n) is 7.04. The summed E-state index contributed by atoms with van der Waals surface area (Å²) in [6.07, 6.45) is 1.92. The lowest BCUT2D eigenvalue weighted by Gasteiger charge is -2.14. The highest BCUT2D eigenvalue weighted by Crippen LogP contribution is 2.25. The average molecular weight is 384 g/mol. The molecule has 2 N–H and O–H groups in total. The lowest BCUT2D eigenvalue weighted by atomic mass is 9.99. The highest BCUT2D eigenvalue weighted by molar-refractivity contribution is 5.98. The number of rotatable bonds is 4. The zero-order valence-corrected chi connectivity index (χ0v) is 16.1. The molecule has 5 nitrogen and oxygen atoms in total. The number of nitrogens with zero attached hydrogens (tertiary/aromatic N) is 1. The van der Waals surface area contributed by atoms with E-state index in [1.807, 2.05) is 73.8 Å². The third-order valence-corrected chi connectivity index (χ3v) is 5.07. The van der Waals surface area contributed by atoms with E-state index in [9.17, 15) is 9.59 Å². The normalized spacial score (nSPS) is 19.8. The van der Waals surface area contributed by atoms with Crippen LogP contribution in [0.5, 0.6) is 0 Å². The van der Waals surface area contributed by atoms with Gasteiger partial charge in [0.15, 0.2) is 6.04 Å². The first-order valence-electron chi connectivity index (χ1n) is 9.54. The van der Waals surface area contributed by atoms with Gasteiger partial charge in [0.2, 0.25) is 12.3 Å². The molecule has 2 atom stereocenters. The largest absolute Gasteiger partial charge is 0.334 e. The van der Waals surface area contributed by atoms with Crippen molar-refractivity contribution in [2.24, 2.45) is 0 Å². The summed E-state index contributed by atoms with van der Waals surface area (Å²) in [7, 11) is 0. The number of hydrazone groups is 1. The molecule has 0 aliphatic carbocycles. The first-order chi connectivity index (χ1) is 14.1. The van der Waals surface area contributed by atoms with Gasteiger partial charge in [-0.05, 0) is 30.7 Å². The Kier molecular flexibility index (Phi) is 5.20. The molecule has 0 unspecified atom stereocenters. The zero-order valence-electron chi connectivity index (χ0n) is 16.1. The quantitative estimate of drug-likeness (QED) is 0.680. The van der Waals surface area contributed by atoms with Gasteiger partial charge in [0.1, 0.15) is 0 Å². The van der Waals surface area contributed by atoms with Crippen molar-refractivity contribution in [1.29, 1.82) is 0 Å². The minimum atomic E-state index is -0.717. The highest BCUT2D eigenvalue weighted by atomic mass is 16.2. The summed E-state index contributed by atoms with van der Waals surface area (Å²) in [6, 6.07) is 25.5. The first kappa shape index (κ1) is 18.6. The van der Waals surface area contributed by atoms with Gasteiger partial charge >= 0.3 is 5.91 Å². The summed E-state index contributed by atoms with van der Waals surface area (Å²) in [5.74, 6) is -0.516. The standard InChI is InChI=1S/C24H21N3O2/c1-17-10-8-9-15-20(17)16-27-22(18-11-4-2-5-12-18)21(24(29)26-27)25-23(28)19-13-6-3-7-14-19/h2-16,21-22H,1H3,(H-,25,26,28,29)/p+1/b27-16-/t21-,22+/m1/s1. The van der Waals surface area contributed by atoms with Crippen molar-refractivity contribution in [1.82, 2.24) is 10.7 Å². The van der Waals surface area contributed by atoms with E-state index in [0.29, 0.717) is 5.56 Å². The highest BCUT2D eigenvalue weighted by Gasteiger charge is 2.47. The summed E-state index contributed by atoms with van der Waals surface area (Å²) in [5, 5.41) is 2.91. The predicted molar refractivity (Wildman–Crippen MR) is 112 cm³/mol. The maximum absolute atomic E-state index is 12.8. The smallest absolute Gasteiger partial charge is 0.304 e. The van der Waals surface area contributed by atoms with Crippen LogP contribution in [0, 0.1) is 6.92 Å². The van der Waals surface area contributed by atoms with Crippen molar-refractivity contribution in [3.63, 3.8) is 0 Å². The minimum absolute atomic E-state index is 0.243. The summed E-state index contributed by atoms with van der Waals surface area (Å²) >= 11 is 0. The number of carbonyl (C=O) groups is 2. The fourth-order valence-corrected chi connectivity index (χ4v) is 3.53. The molecule has 3 aromatic carbocycles. The van der Waals surface area contributed by atoms with Crippen LogP contribution in [-0.2, 0) is 4.79 Å². The zero-order chi connectivity index (χ0) is 20.2. The molecule has 4 rings (SSSR count). The van der Waals surface area contributed by atoms with Gasteiger partial charge in [0.25, 0.3) is 5.91 Å². The molecule has 3 aromatic rings. The molecule has 0 radical (unpaired) electrons. The lowest BCUT2D eigenvalue weighted by molar-refractivity contribution is -0.596. The van der Waals surface area contributed by atoms with Crippen molar-refractivity contribution >= 4 is 18.0 Å². The Morgan fingerprint density at radius 3 is 2.24 bits per heavy atom. The van der Waals surface area contributed by atoms with Crippen molar-refractivity contribution in [3.8, 4) is 0 Å². The van der Waals surface area contributed by atoms with Crippen molar-refractivity contribution < 1.29 is 14.3 Å². The number of hydrogen-bond donors (Lipinski definition) is 2. The van der Waals surface area contributed by atoms with E-state index in [2.05, 4.69) is 10.7 Å². The Hall–Kier alpha value is -3.73. The van der Waals surface area contributed by atoms with E-state index in [4.69, 9.17) is 0 Å². The molecule has 0 spiro atoms. The van der Waals surface area contributed by atoms with E-state index < -0.39 is 6.04 Å². The summed E-state index contributed by atoms with van der Waals surface area (Å²) in [4.78, 5) is 25.5. The molecular weight excluding hydrogens is 362 g/mol. The van der Waals surface area contributed by atoms with Crippen LogP contribution in [0.2, 0.25) is 0 Å². The SMILES string of the molecule is Cc1ccccc1/C=[N+]1\NC(=O)[C@H](NC(=O)c2ccccc2)[C@@H]1c1ccccc1. The Bertz CT molecular complexity index is 1060. The van der Waals surface area contributed by atoms with Crippen LogP contribution in [0.25, 0.3) is 0 Å². The van der Waals surface area contributed by atoms with E-state index in [1.54, 1.807) is 28.9 Å². The maximum atomic E-state index is 12.8. The molecule has 144 valence electrons. The third-order valence-electron chi connectivity index (χ3n) is 5.07. The molecular formula is C24H22N3O2+. The molecule has 1 aliphatic rings. The molecule has 1 fully saturated rings. The molecule has 0 aromatic heterocycles. The van der Waals surface area contributed by atoms with Gasteiger partial charge < -0.3 is 5.32 Å². The molecule has 0 saturated carbocycles. The molecule has 5 heteroatoms. The Morgan fingerprint density at radius 2 is 1.55 bits per heavy atom. The topological polar surface area (TPSA) is 61.2 Å². The van der Waals surface area contributed by atoms with Gasteiger partial charge in [-0.2, -0.15) is 0 Å². The third kappa shape index (κ3) is 3.94. The van der Waals surface area contributed by atoms with Crippen LogP contribution in [-0.4, -0.2) is 28.8 Å². The van der Waals surface area contributed by atoms with Crippen LogP contribution in [0.3, 0.4) is 0 Å². The average Bonchev–Trinajstić information content (AvgIpc) is 3.05. The van der Waals surface area contributed by atoms with E-state index in [-0.39, 0.29) is 17.9 Å². The Labute approximate surface area is 169 Å². The van der Waals surface area contributed by atoms with E-state index in [0.717, 1.165) is 16.7 Å². The van der Waals surface area contributed by atoms with Crippen LogP contribution >= 0.6 is 0 Å². The van der Waals surface area contributed by atoms with Crippen molar-refractivity contribution in [2.75, 3.05) is 0 Å². The maximum Gasteiger partial charge on any atom is 0.304 e. The van der Waals surface area contributed by atoms with Crippen LogP contribution in [0.1, 0.15) is 33.1 Å². The second-order valence-corrected chi connectivity index (χ2v) is 7.04.